The first kappa shape index (κ1) is 15.3. The van der Waals surface area contributed by atoms with Crippen molar-refractivity contribution in [3.05, 3.63) is 30.7 Å². The third kappa shape index (κ3) is 2.95. The highest BCUT2D eigenvalue weighted by atomic mass is 16.2. The number of hydrogen-bond donors (Lipinski definition) is 2. The van der Waals surface area contributed by atoms with Crippen molar-refractivity contribution in [3.63, 3.8) is 0 Å². The van der Waals surface area contributed by atoms with Gasteiger partial charge >= 0.3 is 0 Å². The van der Waals surface area contributed by atoms with Crippen LogP contribution in [0.4, 0.5) is 11.5 Å². The van der Waals surface area contributed by atoms with Crippen LogP contribution in [0.25, 0.3) is 11.0 Å². The summed E-state index contributed by atoms with van der Waals surface area (Å²) in [5, 5.41) is 10.5. The molecule has 0 atom stereocenters. The van der Waals surface area contributed by atoms with Crippen molar-refractivity contribution >= 4 is 34.4 Å². The summed E-state index contributed by atoms with van der Waals surface area (Å²) in [6.45, 7) is -0.0118. The van der Waals surface area contributed by atoms with Crippen LogP contribution in [0, 0.1) is 5.92 Å². The van der Waals surface area contributed by atoms with E-state index in [1.54, 1.807) is 24.4 Å². The number of anilines is 2. The van der Waals surface area contributed by atoms with Crippen LogP contribution in [0.2, 0.25) is 0 Å². The number of aromatic nitrogens is 5. The average molecular weight is 339 g/mol. The van der Waals surface area contributed by atoms with Crippen LogP contribution >= 0.6 is 0 Å². The number of nitrogens with two attached hydrogens (primary N) is 1. The molecule has 0 saturated heterocycles. The summed E-state index contributed by atoms with van der Waals surface area (Å²) in [4.78, 5) is 28.6. The molecule has 9 nitrogen and oxygen atoms in total. The van der Waals surface area contributed by atoms with Crippen LogP contribution < -0.4 is 11.1 Å². The Morgan fingerprint density at radius 1 is 1.32 bits per heavy atom. The molecule has 1 aliphatic carbocycles. The highest BCUT2D eigenvalue weighted by Gasteiger charge is 2.25. The second-order valence-electron chi connectivity index (χ2n) is 6.17. The van der Waals surface area contributed by atoms with E-state index >= 15 is 0 Å². The Hall–Kier alpha value is -3.23. The number of nitrogens with zero attached hydrogens (tertiary/aromatic N) is 5. The van der Waals surface area contributed by atoms with Gasteiger partial charge in [-0.3, -0.25) is 14.2 Å². The zero-order chi connectivity index (χ0) is 17.4. The molecule has 0 radical (unpaired) electrons. The average Bonchev–Trinajstić information content (AvgIpc) is 3.11. The van der Waals surface area contributed by atoms with Gasteiger partial charge in [0.15, 0.2) is 5.82 Å². The fraction of sp³-hybridized carbons (Fsp3) is 0.312. The second-order valence-corrected chi connectivity index (χ2v) is 6.17. The lowest BCUT2D eigenvalue weighted by atomic mass is 9.85. The lowest BCUT2D eigenvalue weighted by molar-refractivity contribution is -0.122. The highest BCUT2D eigenvalue weighted by molar-refractivity contribution is 5.92. The van der Waals surface area contributed by atoms with E-state index in [0.29, 0.717) is 22.5 Å². The van der Waals surface area contributed by atoms with E-state index in [-0.39, 0.29) is 24.3 Å². The minimum absolute atomic E-state index is 0.0118. The summed E-state index contributed by atoms with van der Waals surface area (Å²) in [6, 6.07) is 5.18. The van der Waals surface area contributed by atoms with Crippen molar-refractivity contribution in [1.29, 1.82) is 0 Å². The van der Waals surface area contributed by atoms with E-state index in [1.807, 2.05) is 0 Å². The molecule has 1 fully saturated rings. The molecule has 3 N–H and O–H groups in total. The minimum Gasteiger partial charge on any atom is -0.399 e. The number of amides is 1. The maximum atomic E-state index is 12.5. The predicted molar refractivity (Wildman–Crippen MR) is 90.8 cm³/mol. The Kier molecular flexibility index (Phi) is 3.68. The Labute approximate surface area is 142 Å². The topological polar surface area (TPSA) is 121 Å². The first-order chi connectivity index (χ1) is 12.1. The van der Waals surface area contributed by atoms with Gasteiger partial charge in [0.1, 0.15) is 12.9 Å². The summed E-state index contributed by atoms with van der Waals surface area (Å²) < 4.78 is 2.84. The summed E-state index contributed by atoms with van der Waals surface area (Å²) >= 11 is 0. The molecule has 128 valence electrons. The van der Waals surface area contributed by atoms with Gasteiger partial charge in [0, 0.05) is 11.6 Å². The van der Waals surface area contributed by atoms with Crippen molar-refractivity contribution in [1.82, 2.24) is 24.5 Å². The Morgan fingerprint density at radius 3 is 2.92 bits per heavy atom. The second kappa shape index (κ2) is 6.00. The van der Waals surface area contributed by atoms with Crippen molar-refractivity contribution in [2.45, 2.75) is 25.8 Å². The fourth-order valence-corrected chi connectivity index (χ4v) is 2.77. The quantitative estimate of drug-likeness (QED) is 0.691. The van der Waals surface area contributed by atoms with Gasteiger partial charge in [0.25, 0.3) is 5.91 Å². The van der Waals surface area contributed by atoms with Crippen molar-refractivity contribution < 1.29 is 9.59 Å². The number of hydrogen-bond acceptors (Lipinski definition) is 6. The molecular weight excluding hydrogens is 322 g/mol. The number of rotatable bonds is 4. The number of imidazole rings is 1. The molecule has 0 bridgehead atoms. The highest BCUT2D eigenvalue weighted by Crippen LogP contribution is 2.27. The summed E-state index contributed by atoms with van der Waals surface area (Å²) in [5.41, 5.74) is 7.64. The SMILES string of the molecule is Nc1ccc2c(c1)ncn2C(=O)Cn1cc(NC(=O)C2CCC2)nn1. The van der Waals surface area contributed by atoms with Crippen molar-refractivity contribution in [3.8, 4) is 0 Å². The first-order valence-corrected chi connectivity index (χ1v) is 8.07. The van der Waals surface area contributed by atoms with Gasteiger partial charge in [-0.2, -0.15) is 0 Å². The van der Waals surface area contributed by atoms with E-state index in [9.17, 15) is 9.59 Å². The molecule has 1 aliphatic rings. The van der Waals surface area contributed by atoms with Gasteiger partial charge < -0.3 is 11.1 Å². The molecule has 3 aromatic rings. The molecule has 0 unspecified atom stereocenters. The molecule has 2 heterocycles. The number of nitrogen functional groups attached to an aromatic ring is 1. The number of benzene rings is 1. The van der Waals surface area contributed by atoms with Gasteiger partial charge in [-0.1, -0.05) is 11.6 Å². The minimum atomic E-state index is -0.214. The zero-order valence-electron chi connectivity index (χ0n) is 13.4. The fourth-order valence-electron chi connectivity index (χ4n) is 2.77. The van der Waals surface area contributed by atoms with Crippen LogP contribution in [-0.4, -0.2) is 36.4 Å². The number of nitrogens with one attached hydrogen (secondary N) is 1. The van der Waals surface area contributed by atoms with E-state index in [2.05, 4.69) is 20.6 Å². The first-order valence-electron chi connectivity index (χ1n) is 8.07. The Bertz CT molecular complexity index is 954. The van der Waals surface area contributed by atoms with Crippen LogP contribution in [0.1, 0.15) is 24.1 Å². The van der Waals surface area contributed by atoms with Gasteiger partial charge in [0.2, 0.25) is 5.91 Å². The van der Waals surface area contributed by atoms with E-state index in [1.165, 1.54) is 15.6 Å². The maximum Gasteiger partial charge on any atom is 0.254 e. The van der Waals surface area contributed by atoms with Crippen LogP contribution in [0.5, 0.6) is 0 Å². The molecule has 1 aromatic carbocycles. The van der Waals surface area contributed by atoms with Crippen LogP contribution in [0.15, 0.2) is 30.7 Å². The van der Waals surface area contributed by atoms with E-state index < -0.39 is 0 Å². The van der Waals surface area contributed by atoms with Crippen LogP contribution in [-0.2, 0) is 11.3 Å². The molecule has 0 aliphatic heterocycles. The molecule has 4 rings (SSSR count). The third-order valence-corrected chi connectivity index (χ3v) is 4.40. The molecule has 1 amide bonds. The molecule has 1 saturated carbocycles. The van der Waals surface area contributed by atoms with Crippen molar-refractivity contribution in [2.24, 2.45) is 5.92 Å². The normalized spacial score (nSPS) is 14.4. The molecule has 9 heteroatoms. The number of carbonyl (C=O) groups is 2. The molecule has 0 spiro atoms. The van der Waals surface area contributed by atoms with E-state index in [0.717, 1.165) is 19.3 Å². The predicted octanol–water partition coefficient (Wildman–Crippen LogP) is 1.29. The lowest BCUT2D eigenvalue weighted by Crippen LogP contribution is -2.28. The summed E-state index contributed by atoms with van der Waals surface area (Å²) in [6.07, 6.45) is 5.92. The monoisotopic (exact) mass is 339 g/mol. The molecule has 2 aromatic heterocycles. The van der Waals surface area contributed by atoms with Gasteiger partial charge in [-0.25, -0.2) is 9.67 Å². The summed E-state index contributed by atoms with van der Waals surface area (Å²) in [7, 11) is 0. The Balaban J connectivity index is 1.46. The number of carbonyl (C=O) groups excluding carboxylic acids is 2. The van der Waals surface area contributed by atoms with Crippen LogP contribution in [0.3, 0.4) is 0 Å². The van der Waals surface area contributed by atoms with Gasteiger partial charge in [-0.15, -0.1) is 5.10 Å². The third-order valence-electron chi connectivity index (χ3n) is 4.40. The lowest BCUT2D eigenvalue weighted by Gasteiger charge is -2.23. The standard InChI is InChI=1S/C16H17N7O2/c17-11-4-5-13-12(6-11)18-9-23(13)15(24)8-22-7-14(20-21-22)19-16(25)10-2-1-3-10/h4-7,9-10H,1-3,8,17H2,(H,19,25). The smallest absolute Gasteiger partial charge is 0.254 e. The largest absolute Gasteiger partial charge is 0.399 e. The zero-order valence-corrected chi connectivity index (χ0v) is 13.4. The van der Waals surface area contributed by atoms with Gasteiger partial charge in [0.05, 0.1) is 17.2 Å². The molecular formula is C16H17N7O2. The van der Waals surface area contributed by atoms with Crippen molar-refractivity contribution in [2.75, 3.05) is 11.1 Å². The van der Waals surface area contributed by atoms with E-state index in [4.69, 9.17) is 5.73 Å². The summed E-state index contributed by atoms with van der Waals surface area (Å²) in [5.74, 6) is 0.168. The maximum absolute atomic E-state index is 12.5. The Morgan fingerprint density at radius 2 is 2.16 bits per heavy atom. The number of fused-ring (bicyclic) bond motifs is 1. The van der Waals surface area contributed by atoms with Gasteiger partial charge in [-0.05, 0) is 31.0 Å². The molecule has 25 heavy (non-hydrogen) atoms.